The van der Waals surface area contributed by atoms with Gasteiger partial charge in [-0.25, -0.2) is 0 Å². The van der Waals surface area contributed by atoms with E-state index in [9.17, 15) is 9.59 Å². The molecule has 0 radical (unpaired) electrons. The average molecular weight is 566 g/mol. The Hall–Kier alpha value is -4.17. The van der Waals surface area contributed by atoms with Gasteiger partial charge in [-0.05, 0) is 41.2 Å². The molecule has 4 heterocycles. The van der Waals surface area contributed by atoms with Gasteiger partial charge in [-0.15, -0.1) is 11.8 Å². The zero-order valence-corrected chi connectivity index (χ0v) is 23.7. The Balaban J connectivity index is 1.45. The first kappa shape index (κ1) is 25.8. The zero-order chi connectivity index (χ0) is 27.9. The zero-order valence-electron chi connectivity index (χ0n) is 22.9. The van der Waals surface area contributed by atoms with E-state index in [0.29, 0.717) is 19.8 Å². The molecular weight excluding hydrogens is 534 g/mol. The molecule has 4 aromatic rings. The van der Waals surface area contributed by atoms with Crippen LogP contribution in [0.25, 0.3) is 0 Å². The van der Waals surface area contributed by atoms with Crippen molar-refractivity contribution in [3.63, 3.8) is 0 Å². The van der Waals surface area contributed by atoms with Crippen LogP contribution in [0.15, 0.2) is 94.7 Å². The number of nitrogens with zero attached hydrogens (tertiary/aromatic N) is 3. The number of fused-ring (bicyclic) bond motifs is 7. The molecule has 3 aromatic carbocycles. The minimum absolute atomic E-state index is 0.0833. The number of pyridine rings is 1. The second kappa shape index (κ2) is 10.7. The first-order valence-electron chi connectivity index (χ1n) is 14.0. The van der Waals surface area contributed by atoms with Crippen LogP contribution in [-0.2, 0) is 12.4 Å². The van der Waals surface area contributed by atoms with Crippen LogP contribution in [-0.4, -0.2) is 35.3 Å². The number of rotatable bonds is 3. The summed E-state index contributed by atoms with van der Waals surface area (Å²) in [6, 6.07) is 25.7. The topological polar surface area (TPSA) is 64.0 Å². The third kappa shape index (κ3) is 4.66. The number of hydrogen-bond donors (Lipinski definition) is 0. The third-order valence-corrected chi connectivity index (χ3v) is 9.22. The summed E-state index contributed by atoms with van der Waals surface area (Å²) in [4.78, 5) is 30.5. The largest absolute Gasteiger partial charge is 0.493 e. The molecule has 0 saturated heterocycles. The SMILES string of the molecule is C[C@H]1CCN2CN([C@@H]3c4ccccc4SCc4cccc(c43)OC1)n1ccc(=O)c(OCc3ccccc3)c1C2=O. The van der Waals surface area contributed by atoms with Crippen molar-refractivity contribution in [3.8, 4) is 11.5 Å². The van der Waals surface area contributed by atoms with Gasteiger partial charge in [0.05, 0.1) is 6.61 Å². The van der Waals surface area contributed by atoms with Crippen molar-refractivity contribution in [2.45, 2.75) is 36.6 Å². The summed E-state index contributed by atoms with van der Waals surface area (Å²) in [5.74, 6) is 1.81. The summed E-state index contributed by atoms with van der Waals surface area (Å²) in [6.45, 7) is 3.84. The molecule has 0 unspecified atom stereocenters. The summed E-state index contributed by atoms with van der Waals surface area (Å²) < 4.78 is 14.5. The van der Waals surface area contributed by atoms with Gasteiger partial charge in [0, 0.05) is 35.0 Å². The molecule has 3 aliphatic rings. The highest BCUT2D eigenvalue weighted by molar-refractivity contribution is 7.98. The Labute approximate surface area is 243 Å². The van der Waals surface area contributed by atoms with Crippen molar-refractivity contribution in [3.05, 3.63) is 123 Å². The van der Waals surface area contributed by atoms with Gasteiger partial charge in [-0.1, -0.05) is 67.6 Å². The Morgan fingerprint density at radius 2 is 1.80 bits per heavy atom. The van der Waals surface area contributed by atoms with Crippen molar-refractivity contribution in [2.75, 3.05) is 24.8 Å². The molecule has 8 heteroatoms. The Bertz CT molecular complexity index is 1670. The molecule has 7 nitrogen and oxygen atoms in total. The number of carbonyl (C=O) groups is 1. The lowest BCUT2D eigenvalue weighted by molar-refractivity contribution is 0.0664. The maximum absolute atomic E-state index is 14.1. The lowest BCUT2D eigenvalue weighted by atomic mass is 9.93. The van der Waals surface area contributed by atoms with E-state index in [0.717, 1.165) is 34.6 Å². The van der Waals surface area contributed by atoms with Crippen LogP contribution < -0.4 is 19.9 Å². The van der Waals surface area contributed by atoms with Gasteiger partial charge in [-0.3, -0.25) is 19.3 Å². The summed E-state index contributed by atoms with van der Waals surface area (Å²) in [5.41, 5.74) is 4.33. The Kier molecular flexibility index (Phi) is 6.71. The van der Waals surface area contributed by atoms with Crippen LogP contribution in [0.1, 0.15) is 52.1 Å². The predicted octanol–water partition coefficient (Wildman–Crippen LogP) is 5.59. The maximum Gasteiger partial charge on any atom is 0.277 e. The molecule has 2 bridgehead atoms. The van der Waals surface area contributed by atoms with Crippen molar-refractivity contribution in [2.24, 2.45) is 5.92 Å². The molecule has 3 aliphatic heterocycles. The number of hydrogen-bond acceptors (Lipinski definition) is 6. The van der Waals surface area contributed by atoms with E-state index < -0.39 is 0 Å². The number of carbonyl (C=O) groups excluding carboxylic acids is 1. The number of amides is 1. The van der Waals surface area contributed by atoms with Gasteiger partial charge >= 0.3 is 0 Å². The van der Waals surface area contributed by atoms with Crippen molar-refractivity contribution in [1.29, 1.82) is 0 Å². The molecule has 0 fully saturated rings. The van der Waals surface area contributed by atoms with Crippen LogP contribution in [0, 0.1) is 5.92 Å². The molecule has 208 valence electrons. The lowest BCUT2D eigenvalue weighted by Gasteiger charge is -2.44. The van der Waals surface area contributed by atoms with Gasteiger partial charge in [0.1, 0.15) is 25.1 Å². The van der Waals surface area contributed by atoms with Crippen LogP contribution in [0.4, 0.5) is 0 Å². The first-order valence-corrected chi connectivity index (χ1v) is 15.0. The molecule has 1 aromatic heterocycles. The predicted molar refractivity (Wildman–Crippen MR) is 159 cm³/mol. The van der Waals surface area contributed by atoms with Gasteiger partial charge in [-0.2, -0.15) is 0 Å². The number of benzene rings is 3. The van der Waals surface area contributed by atoms with Gasteiger partial charge in [0.2, 0.25) is 5.43 Å². The molecule has 0 aliphatic carbocycles. The highest BCUT2D eigenvalue weighted by atomic mass is 32.2. The Morgan fingerprint density at radius 1 is 0.976 bits per heavy atom. The van der Waals surface area contributed by atoms with Gasteiger partial charge < -0.3 is 14.4 Å². The fraction of sp³-hybridized carbons (Fsp3) is 0.273. The van der Waals surface area contributed by atoms with Crippen LogP contribution in [0.2, 0.25) is 0 Å². The highest BCUT2D eigenvalue weighted by Crippen LogP contribution is 2.46. The molecule has 0 N–H and O–H groups in total. The average Bonchev–Trinajstić information content (AvgIpc) is 3.18. The van der Waals surface area contributed by atoms with Crippen LogP contribution in [0.3, 0.4) is 0 Å². The smallest absolute Gasteiger partial charge is 0.277 e. The quantitative estimate of drug-likeness (QED) is 0.323. The van der Waals surface area contributed by atoms with Gasteiger partial charge in [0.25, 0.3) is 5.91 Å². The van der Waals surface area contributed by atoms with E-state index in [4.69, 9.17) is 9.47 Å². The summed E-state index contributed by atoms with van der Waals surface area (Å²) in [6.07, 6.45) is 2.50. The van der Waals surface area contributed by atoms with Gasteiger partial charge in [0.15, 0.2) is 11.4 Å². The van der Waals surface area contributed by atoms with Crippen LogP contribution >= 0.6 is 11.8 Å². The standard InChI is InChI=1S/C33H31N3O4S/c1-22-14-16-34-21-36(35-17-15-26(37)32(31(35)33(34)38)40-19-23-8-3-2-4-9-23)30-25-11-5-6-13-28(25)41-20-24-10-7-12-27(29(24)30)39-18-22/h2-13,15,17,22,30H,14,16,18-21H2,1H3/t22-,30+/m0/s1. The number of aromatic nitrogens is 1. The first-order chi connectivity index (χ1) is 20.1. The normalized spacial score (nSPS) is 19.6. The summed E-state index contributed by atoms with van der Waals surface area (Å²) in [7, 11) is 0. The molecule has 2 atom stereocenters. The molecule has 7 rings (SSSR count). The van der Waals surface area contributed by atoms with E-state index in [2.05, 4.69) is 54.4 Å². The molecule has 0 saturated carbocycles. The van der Waals surface area contributed by atoms with Crippen LogP contribution in [0.5, 0.6) is 11.5 Å². The Morgan fingerprint density at radius 3 is 2.68 bits per heavy atom. The number of ether oxygens (including phenoxy) is 2. The third-order valence-electron chi connectivity index (χ3n) is 8.08. The molecule has 1 amide bonds. The van der Waals surface area contributed by atoms with E-state index in [-0.39, 0.29) is 41.3 Å². The molecule has 41 heavy (non-hydrogen) atoms. The monoisotopic (exact) mass is 565 g/mol. The van der Waals surface area contributed by atoms with Crippen molar-refractivity contribution >= 4 is 17.7 Å². The molecular formula is C33H31N3O4S. The second-order valence-corrected chi connectivity index (χ2v) is 11.9. The van der Waals surface area contributed by atoms with E-state index in [1.165, 1.54) is 16.5 Å². The highest BCUT2D eigenvalue weighted by Gasteiger charge is 2.40. The maximum atomic E-state index is 14.1. The second-order valence-electron chi connectivity index (χ2n) is 10.9. The lowest BCUT2D eigenvalue weighted by Crippen LogP contribution is -2.56. The van der Waals surface area contributed by atoms with E-state index in [1.54, 1.807) is 6.20 Å². The minimum atomic E-state index is -0.304. The fourth-order valence-electron chi connectivity index (χ4n) is 5.92. The van der Waals surface area contributed by atoms with Crippen molar-refractivity contribution in [1.82, 2.24) is 9.58 Å². The van der Waals surface area contributed by atoms with Crippen molar-refractivity contribution < 1.29 is 14.3 Å². The van der Waals surface area contributed by atoms with E-state index >= 15 is 0 Å². The van der Waals surface area contributed by atoms with E-state index in [1.807, 2.05) is 51.7 Å². The molecule has 0 spiro atoms. The number of thioether (sulfide) groups is 1. The fourth-order valence-corrected chi connectivity index (χ4v) is 7.01. The summed E-state index contributed by atoms with van der Waals surface area (Å²) in [5, 5.41) is 2.19. The summed E-state index contributed by atoms with van der Waals surface area (Å²) >= 11 is 1.81. The minimum Gasteiger partial charge on any atom is -0.493 e.